The van der Waals surface area contributed by atoms with Crippen LogP contribution in [0.4, 0.5) is 0 Å². The molecule has 1 aromatic heterocycles. The van der Waals surface area contributed by atoms with Crippen molar-refractivity contribution in [3.8, 4) is 5.75 Å². The summed E-state index contributed by atoms with van der Waals surface area (Å²) in [5.41, 5.74) is 1.25. The van der Waals surface area contributed by atoms with Crippen molar-refractivity contribution in [1.82, 2.24) is 20.1 Å². The average molecular weight is 286 g/mol. The molecule has 0 saturated heterocycles. The quantitative estimate of drug-likeness (QED) is 0.917. The highest BCUT2D eigenvalue weighted by molar-refractivity contribution is 5.29. The van der Waals surface area contributed by atoms with Gasteiger partial charge in [0.15, 0.2) is 5.82 Å². The van der Waals surface area contributed by atoms with Gasteiger partial charge in [-0.3, -0.25) is 0 Å². The van der Waals surface area contributed by atoms with Gasteiger partial charge in [0.25, 0.3) is 0 Å². The van der Waals surface area contributed by atoms with E-state index < -0.39 is 0 Å². The van der Waals surface area contributed by atoms with Crippen LogP contribution in [-0.4, -0.2) is 21.8 Å². The number of fused-ring (bicyclic) bond motifs is 1. The molecule has 5 heteroatoms. The van der Waals surface area contributed by atoms with Crippen molar-refractivity contribution in [2.75, 3.05) is 7.05 Å². The minimum absolute atomic E-state index is 0.350. The number of hydrogen-bond acceptors (Lipinski definition) is 4. The Balaban J connectivity index is 1.64. The molecule has 2 heterocycles. The van der Waals surface area contributed by atoms with E-state index in [2.05, 4.69) is 39.1 Å². The highest BCUT2D eigenvalue weighted by Gasteiger charge is 2.15. The Morgan fingerprint density at radius 1 is 1.24 bits per heavy atom. The van der Waals surface area contributed by atoms with Gasteiger partial charge in [0.2, 0.25) is 0 Å². The Kier molecular flexibility index (Phi) is 4.20. The first-order valence-electron chi connectivity index (χ1n) is 7.59. The third-order valence-corrected chi connectivity index (χ3v) is 4.12. The minimum Gasteiger partial charge on any atom is -0.486 e. The fourth-order valence-electron chi connectivity index (χ4n) is 2.64. The summed E-state index contributed by atoms with van der Waals surface area (Å²) >= 11 is 0. The molecule has 0 radical (unpaired) electrons. The van der Waals surface area contributed by atoms with E-state index >= 15 is 0 Å². The highest BCUT2D eigenvalue weighted by Crippen LogP contribution is 2.19. The van der Waals surface area contributed by atoms with Gasteiger partial charge in [0.1, 0.15) is 18.2 Å². The SMILES string of the molecule is CNC(C)c1ccc(OCc2nnc3n2CCCC3)cc1. The normalized spacial score (nSPS) is 15.5. The van der Waals surface area contributed by atoms with Crippen LogP contribution in [0, 0.1) is 0 Å². The summed E-state index contributed by atoms with van der Waals surface area (Å²) in [5, 5.41) is 11.7. The van der Waals surface area contributed by atoms with Crippen LogP contribution >= 0.6 is 0 Å². The predicted molar refractivity (Wildman–Crippen MR) is 81.2 cm³/mol. The van der Waals surface area contributed by atoms with Gasteiger partial charge in [-0.2, -0.15) is 0 Å². The van der Waals surface area contributed by atoms with Gasteiger partial charge in [-0.05, 0) is 44.5 Å². The van der Waals surface area contributed by atoms with Gasteiger partial charge in [-0.1, -0.05) is 12.1 Å². The van der Waals surface area contributed by atoms with Crippen molar-refractivity contribution in [2.24, 2.45) is 0 Å². The van der Waals surface area contributed by atoms with Crippen molar-refractivity contribution >= 4 is 0 Å². The van der Waals surface area contributed by atoms with E-state index in [1.54, 1.807) is 0 Å². The second kappa shape index (κ2) is 6.26. The van der Waals surface area contributed by atoms with E-state index in [1.165, 1.54) is 18.4 Å². The number of nitrogens with zero attached hydrogens (tertiary/aromatic N) is 3. The maximum atomic E-state index is 5.84. The number of aromatic nitrogens is 3. The van der Waals surface area contributed by atoms with E-state index in [1.807, 2.05) is 19.2 Å². The average Bonchev–Trinajstić information content (AvgIpc) is 2.96. The molecule has 2 aromatic rings. The van der Waals surface area contributed by atoms with Crippen LogP contribution in [0.3, 0.4) is 0 Å². The second-order valence-electron chi connectivity index (χ2n) is 5.51. The third kappa shape index (κ3) is 3.08. The molecule has 1 unspecified atom stereocenters. The van der Waals surface area contributed by atoms with Gasteiger partial charge in [0, 0.05) is 19.0 Å². The molecular weight excluding hydrogens is 264 g/mol. The lowest BCUT2D eigenvalue weighted by molar-refractivity contribution is 0.286. The molecule has 0 bridgehead atoms. The van der Waals surface area contributed by atoms with Gasteiger partial charge in [-0.15, -0.1) is 10.2 Å². The summed E-state index contributed by atoms with van der Waals surface area (Å²) in [4.78, 5) is 0. The molecule has 1 aliphatic rings. The number of aryl methyl sites for hydroxylation is 1. The van der Waals surface area contributed by atoms with Crippen molar-refractivity contribution in [3.63, 3.8) is 0 Å². The molecule has 21 heavy (non-hydrogen) atoms. The van der Waals surface area contributed by atoms with E-state index in [0.717, 1.165) is 30.4 Å². The second-order valence-corrected chi connectivity index (χ2v) is 5.51. The lowest BCUT2D eigenvalue weighted by Crippen LogP contribution is -2.14. The highest BCUT2D eigenvalue weighted by atomic mass is 16.5. The van der Waals surface area contributed by atoms with E-state index in [0.29, 0.717) is 12.6 Å². The first-order valence-corrected chi connectivity index (χ1v) is 7.59. The topological polar surface area (TPSA) is 52.0 Å². The number of benzene rings is 1. The van der Waals surface area contributed by atoms with Crippen molar-refractivity contribution < 1.29 is 4.74 Å². The van der Waals surface area contributed by atoms with E-state index in [9.17, 15) is 0 Å². The molecule has 1 atom stereocenters. The predicted octanol–water partition coefficient (Wildman–Crippen LogP) is 2.47. The van der Waals surface area contributed by atoms with Gasteiger partial charge < -0.3 is 14.6 Å². The summed E-state index contributed by atoms with van der Waals surface area (Å²) < 4.78 is 8.04. The molecule has 0 fully saturated rings. The maximum Gasteiger partial charge on any atom is 0.171 e. The molecule has 0 amide bonds. The molecule has 3 rings (SSSR count). The zero-order chi connectivity index (χ0) is 14.7. The molecule has 112 valence electrons. The van der Waals surface area contributed by atoms with Crippen LogP contribution in [0.5, 0.6) is 5.75 Å². The number of hydrogen-bond donors (Lipinski definition) is 1. The number of rotatable bonds is 5. The Bertz CT molecular complexity index is 591. The summed E-state index contributed by atoms with van der Waals surface area (Å²) in [6.45, 7) is 3.63. The van der Waals surface area contributed by atoms with Crippen LogP contribution in [0.2, 0.25) is 0 Å². The summed E-state index contributed by atoms with van der Waals surface area (Å²) in [6, 6.07) is 8.56. The van der Waals surface area contributed by atoms with Crippen molar-refractivity contribution in [3.05, 3.63) is 41.5 Å². The van der Waals surface area contributed by atoms with Gasteiger partial charge in [-0.25, -0.2) is 0 Å². The fourth-order valence-corrected chi connectivity index (χ4v) is 2.64. The standard InChI is InChI=1S/C16H22N4O/c1-12(17-2)13-6-8-14(9-7-13)21-11-16-19-18-15-5-3-4-10-20(15)16/h6-9,12,17H,3-5,10-11H2,1-2H3. The molecule has 1 aliphatic heterocycles. The summed E-state index contributed by atoms with van der Waals surface area (Å²) in [7, 11) is 1.96. The van der Waals surface area contributed by atoms with E-state index in [-0.39, 0.29) is 0 Å². The summed E-state index contributed by atoms with van der Waals surface area (Å²) in [6.07, 6.45) is 3.45. The molecule has 0 spiro atoms. The minimum atomic E-state index is 0.350. The Labute approximate surface area is 125 Å². The zero-order valence-electron chi connectivity index (χ0n) is 12.7. The smallest absolute Gasteiger partial charge is 0.171 e. The lowest BCUT2D eigenvalue weighted by atomic mass is 10.1. The fraction of sp³-hybridized carbons (Fsp3) is 0.500. The lowest BCUT2D eigenvalue weighted by Gasteiger charge is -2.15. The Hall–Kier alpha value is -1.88. The maximum absolute atomic E-state index is 5.84. The first-order chi connectivity index (χ1) is 10.3. The molecule has 1 N–H and O–H groups in total. The Morgan fingerprint density at radius 2 is 2.05 bits per heavy atom. The molecular formula is C16H22N4O. The number of ether oxygens (including phenoxy) is 1. The molecule has 0 saturated carbocycles. The van der Waals surface area contributed by atoms with Crippen LogP contribution in [-0.2, 0) is 19.6 Å². The van der Waals surface area contributed by atoms with Crippen LogP contribution in [0.15, 0.2) is 24.3 Å². The largest absolute Gasteiger partial charge is 0.486 e. The Morgan fingerprint density at radius 3 is 2.81 bits per heavy atom. The third-order valence-electron chi connectivity index (χ3n) is 4.12. The molecule has 5 nitrogen and oxygen atoms in total. The monoisotopic (exact) mass is 286 g/mol. The van der Waals surface area contributed by atoms with Crippen LogP contribution < -0.4 is 10.1 Å². The zero-order valence-corrected chi connectivity index (χ0v) is 12.7. The van der Waals surface area contributed by atoms with Crippen LogP contribution in [0.25, 0.3) is 0 Å². The number of nitrogens with one attached hydrogen (secondary N) is 1. The van der Waals surface area contributed by atoms with Gasteiger partial charge in [0.05, 0.1) is 0 Å². The van der Waals surface area contributed by atoms with Gasteiger partial charge >= 0.3 is 0 Å². The summed E-state index contributed by atoms with van der Waals surface area (Å²) in [5.74, 6) is 2.89. The van der Waals surface area contributed by atoms with Crippen LogP contribution in [0.1, 0.15) is 43.0 Å². The van der Waals surface area contributed by atoms with E-state index in [4.69, 9.17) is 4.74 Å². The molecule has 1 aromatic carbocycles. The van der Waals surface area contributed by atoms with Crippen molar-refractivity contribution in [2.45, 2.75) is 45.4 Å². The van der Waals surface area contributed by atoms with Crippen molar-refractivity contribution in [1.29, 1.82) is 0 Å². The molecule has 0 aliphatic carbocycles. The first kappa shape index (κ1) is 14.1.